The molecule has 3 heterocycles. The number of pyridine rings is 1. The van der Waals surface area contributed by atoms with Crippen LogP contribution in [-0.2, 0) is 24.8 Å². The van der Waals surface area contributed by atoms with Crippen LogP contribution < -0.4 is 20.2 Å². The van der Waals surface area contributed by atoms with E-state index in [9.17, 15) is 26.7 Å². The summed E-state index contributed by atoms with van der Waals surface area (Å²) in [7, 11) is -6.25. The second-order valence-electron chi connectivity index (χ2n) is 10.4. The molecule has 1 aromatic heterocycles. The number of nitrogens with one attached hydrogen (secondary N) is 3. The minimum absolute atomic E-state index is 0.0276. The van der Waals surface area contributed by atoms with Gasteiger partial charge in [0.15, 0.2) is 0 Å². The summed E-state index contributed by atoms with van der Waals surface area (Å²) in [5, 5.41) is 14.0. The van der Waals surface area contributed by atoms with Crippen LogP contribution in [0.1, 0.15) is 19.3 Å². The first kappa shape index (κ1) is 29.6. The van der Waals surface area contributed by atoms with Crippen molar-refractivity contribution in [2.24, 2.45) is 0 Å². The second kappa shape index (κ2) is 11.8. The van der Waals surface area contributed by atoms with Crippen molar-refractivity contribution in [3.05, 3.63) is 65.0 Å². The number of fused-ring (bicyclic) bond motifs is 1. The number of sulfonamides is 2. The second-order valence-corrected chi connectivity index (χ2v) is 14.2. The first-order valence-corrected chi connectivity index (χ1v) is 16.3. The Labute approximate surface area is 238 Å². The summed E-state index contributed by atoms with van der Waals surface area (Å²) in [5.74, 6) is 0.330. The Bertz CT molecular complexity index is 1670. The fourth-order valence-corrected chi connectivity index (χ4v) is 7.60. The third-order valence-corrected chi connectivity index (χ3v) is 11.0. The molecule has 0 bridgehead atoms. The number of H-pyrrole nitrogens is 1. The molecular formula is C27H34N4O8S2. The van der Waals surface area contributed by atoms with Gasteiger partial charge in [0.05, 0.1) is 17.1 Å². The van der Waals surface area contributed by atoms with Gasteiger partial charge in [-0.1, -0.05) is 18.2 Å². The van der Waals surface area contributed by atoms with E-state index in [0.717, 1.165) is 0 Å². The number of hydrogen-bond donors (Lipinski definition) is 4. The Hall–Kier alpha value is -2.85. The molecule has 2 aliphatic rings. The lowest BCUT2D eigenvalue weighted by Crippen LogP contribution is -2.47. The lowest BCUT2D eigenvalue weighted by Gasteiger charge is -2.37. The van der Waals surface area contributed by atoms with Gasteiger partial charge in [0.1, 0.15) is 23.4 Å². The standard InChI is InChI=1S/C27H34N4O8S2/c1-28-40(34,35)22-6-4-5-21(13-22)38-18-20(32)15-29-19-14-27(39-17-19)9-11-31(12-10-27)41(36,37)25-16-30-24-8-3-2-7-23(24)26(25)33/h2-8,13,16,19-20,28-29,32H,9-12,14-15,17-18H2,1H3,(H,30,33)/t19-,20-/m0/s1. The number of nitrogens with zero attached hydrogens (tertiary/aromatic N) is 1. The van der Waals surface area contributed by atoms with Gasteiger partial charge < -0.3 is 24.9 Å². The van der Waals surface area contributed by atoms with Gasteiger partial charge >= 0.3 is 0 Å². The number of hydrogen-bond acceptors (Lipinski definition) is 9. The zero-order valence-corrected chi connectivity index (χ0v) is 24.2. The maximum absolute atomic E-state index is 13.3. The first-order chi connectivity index (χ1) is 19.5. The Balaban J connectivity index is 1.11. The molecule has 222 valence electrons. The van der Waals surface area contributed by atoms with E-state index >= 15 is 0 Å². The highest BCUT2D eigenvalue weighted by atomic mass is 32.2. The fourth-order valence-electron chi connectivity index (χ4n) is 5.34. The topological polar surface area (TPSA) is 167 Å². The molecule has 0 unspecified atom stereocenters. The summed E-state index contributed by atoms with van der Waals surface area (Å²) in [6, 6.07) is 12.8. The van der Waals surface area contributed by atoms with Gasteiger partial charge in [0.2, 0.25) is 25.5 Å². The summed E-state index contributed by atoms with van der Waals surface area (Å²) in [6.45, 7) is 1.11. The van der Waals surface area contributed by atoms with Gasteiger partial charge in [-0.15, -0.1) is 0 Å². The highest BCUT2D eigenvalue weighted by Gasteiger charge is 2.45. The Morgan fingerprint density at radius 1 is 1.15 bits per heavy atom. The maximum atomic E-state index is 13.3. The Kier molecular flexibility index (Phi) is 8.53. The molecule has 5 rings (SSSR count). The van der Waals surface area contributed by atoms with E-state index in [-0.39, 0.29) is 42.1 Å². The van der Waals surface area contributed by atoms with E-state index in [2.05, 4.69) is 15.0 Å². The van der Waals surface area contributed by atoms with Crippen molar-refractivity contribution >= 4 is 30.9 Å². The maximum Gasteiger partial charge on any atom is 0.248 e. The molecule has 4 N–H and O–H groups in total. The SMILES string of the molecule is CNS(=O)(=O)c1cccc(OC[C@@H](O)CN[C@@H]2COC3(CCN(S(=O)(=O)c4c[nH]c5ccccc5c4=O)CC3)C2)c1. The van der Waals surface area contributed by atoms with Crippen molar-refractivity contribution in [3.8, 4) is 5.75 Å². The van der Waals surface area contributed by atoms with Crippen LogP contribution in [0, 0.1) is 0 Å². The fraction of sp³-hybridized carbons (Fsp3) is 0.444. The average Bonchev–Trinajstić information content (AvgIpc) is 3.37. The molecule has 0 amide bonds. The molecule has 1 spiro atoms. The summed E-state index contributed by atoms with van der Waals surface area (Å²) < 4.78 is 65.9. The molecule has 2 aliphatic heterocycles. The van der Waals surface area contributed by atoms with E-state index in [1.54, 1.807) is 36.4 Å². The molecule has 0 saturated carbocycles. The van der Waals surface area contributed by atoms with Gasteiger partial charge in [0, 0.05) is 48.8 Å². The highest BCUT2D eigenvalue weighted by molar-refractivity contribution is 7.89. The number of piperidine rings is 1. The largest absolute Gasteiger partial charge is 0.491 e. The monoisotopic (exact) mass is 606 g/mol. The normalized spacial score (nSPS) is 20.4. The van der Waals surface area contributed by atoms with Crippen molar-refractivity contribution < 1.29 is 31.4 Å². The van der Waals surface area contributed by atoms with E-state index in [1.165, 1.54) is 29.7 Å². The number of aromatic nitrogens is 1. The molecule has 3 aromatic rings. The summed E-state index contributed by atoms with van der Waals surface area (Å²) in [6.07, 6.45) is 2.07. The summed E-state index contributed by atoms with van der Waals surface area (Å²) >= 11 is 0. The van der Waals surface area contributed by atoms with Gasteiger partial charge in [-0.3, -0.25) is 4.79 Å². The number of benzene rings is 2. The predicted octanol–water partition coefficient (Wildman–Crippen LogP) is 0.778. The third-order valence-electron chi connectivity index (χ3n) is 7.68. The van der Waals surface area contributed by atoms with Crippen molar-refractivity contribution in [2.75, 3.05) is 39.9 Å². The lowest BCUT2D eigenvalue weighted by atomic mass is 9.88. The van der Waals surface area contributed by atoms with Gasteiger partial charge in [-0.2, -0.15) is 4.31 Å². The van der Waals surface area contributed by atoms with Crippen molar-refractivity contribution in [1.82, 2.24) is 19.3 Å². The first-order valence-electron chi connectivity index (χ1n) is 13.4. The van der Waals surface area contributed by atoms with E-state index in [0.29, 0.717) is 42.5 Å². The highest BCUT2D eigenvalue weighted by Crippen LogP contribution is 2.37. The van der Waals surface area contributed by atoms with Crippen LogP contribution in [0.25, 0.3) is 10.9 Å². The van der Waals surface area contributed by atoms with Crippen molar-refractivity contribution in [1.29, 1.82) is 0 Å². The number of ether oxygens (including phenoxy) is 2. The van der Waals surface area contributed by atoms with Crippen LogP contribution >= 0.6 is 0 Å². The lowest BCUT2D eigenvalue weighted by molar-refractivity contribution is -0.0312. The van der Waals surface area contributed by atoms with E-state index in [4.69, 9.17) is 9.47 Å². The number of para-hydroxylation sites is 1. The minimum Gasteiger partial charge on any atom is -0.491 e. The van der Waals surface area contributed by atoms with Crippen LogP contribution in [0.2, 0.25) is 0 Å². The number of aromatic amines is 1. The molecule has 14 heteroatoms. The molecule has 0 aliphatic carbocycles. The minimum atomic E-state index is -3.97. The van der Waals surface area contributed by atoms with Crippen molar-refractivity contribution in [3.63, 3.8) is 0 Å². The summed E-state index contributed by atoms with van der Waals surface area (Å²) in [5.41, 5.74) is -0.405. The molecule has 2 saturated heterocycles. The smallest absolute Gasteiger partial charge is 0.248 e. The zero-order chi connectivity index (χ0) is 29.3. The quantitative estimate of drug-likeness (QED) is 0.261. The van der Waals surface area contributed by atoms with E-state index < -0.39 is 37.2 Å². The summed E-state index contributed by atoms with van der Waals surface area (Å²) in [4.78, 5) is 15.6. The van der Waals surface area contributed by atoms with Crippen LogP contribution in [0.15, 0.2) is 69.3 Å². The van der Waals surface area contributed by atoms with Gasteiger partial charge in [-0.05, 0) is 50.6 Å². The Morgan fingerprint density at radius 3 is 2.66 bits per heavy atom. The molecule has 41 heavy (non-hydrogen) atoms. The zero-order valence-electron chi connectivity index (χ0n) is 22.6. The molecule has 2 fully saturated rings. The number of rotatable bonds is 10. The van der Waals surface area contributed by atoms with Crippen LogP contribution in [0.3, 0.4) is 0 Å². The van der Waals surface area contributed by atoms with Crippen LogP contribution in [0.5, 0.6) is 5.75 Å². The third kappa shape index (κ3) is 6.33. The van der Waals surface area contributed by atoms with Crippen molar-refractivity contribution in [2.45, 2.75) is 46.8 Å². The molecule has 2 atom stereocenters. The van der Waals surface area contributed by atoms with Gasteiger partial charge in [-0.25, -0.2) is 21.6 Å². The van der Waals surface area contributed by atoms with Gasteiger partial charge in [0.25, 0.3) is 0 Å². The van der Waals surface area contributed by atoms with Crippen LogP contribution in [-0.4, -0.2) is 88.9 Å². The molecule has 0 radical (unpaired) electrons. The predicted molar refractivity (Wildman–Crippen MR) is 152 cm³/mol. The average molecular weight is 607 g/mol. The number of aliphatic hydroxyl groups excluding tert-OH is 1. The Morgan fingerprint density at radius 2 is 1.90 bits per heavy atom. The molecule has 2 aromatic carbocycles. The molecular weight excluding hydrogens is 572 g/mol. The van der Waals surface area contributed by atoms with Crippen LogP contribution in [0.4, 0.5) is 0 Å². The number of aliphatic hydroxyl groups is 1. The molecule has 12 nitrogen and oxygen atoms in total. The van der Waals surface area contributed by atoms with E-state index in [1.807, 2.05) is 0 Å².